The van der Waals surface area contributed by atoms with Gasteiger partial charge in [0.15, 0.2) is 5.90 Å². The molecule has 2 heteroatoms. The summed E-state index contributed by atoms with van der Waals surface area (Å²) in [5.41, 5.74) is 1.32. The number of dihydropyridines is 1. The lowest BCUT2D eigenvalue weighted by Gasteiger charge is -2.23. The summed E-state index contributed by atoms with van der Waals surface area (Å²) < 4.78 is 5.26. The Balaban J connectivity index is 2.43. The minimum absolute atomic E-state index is 0.163. The molecule has 2 atom stereocenters. The highest BCUT2D eigenvalue weighted by Gasteiger charge is 2.22. The first-order valence-electron chi connectivity index (χ1n) is 4.46. The highest BCUT2D eigenvalue weighted by Crippen LogP contribution is 2.24. The lowest BCUT2D eigenvalue weighted by molar-refractivity contribution is 0.377. The maximum Gasteiger partial charge on any atom is 0.195 e. The van der Waals surface area contributed by atoms with Gasteiger partial charge in [-0.2, -0.15) is 0 Å². The third-order valence-electron chi connectivity index (χ3n) is 2.40. The second-order valence-corrected chi connectivity index (χ2v) is 3.32. The van der Waals surface area contributed by atoms with Gasteiger partial charge in [-0.25, -0.2) is 4.99 Å². The lowest BCUT2D eigenvalue weighted by Crippen LogP contribution is -2.23. The molecular weight excluding hydrogens is 162 g/mol. The molecule has 0 aromatic carbocycles. The highest BCUT2D eigenvalue weighted by atomic mass is 16.5. The zero-order valence-electron chi connectivity index (χ0n) is 7.90. The van der Waals surface area contributed by atoms with E-state index in [1.165, 1.54) is 5.57 Å². The Labute approximate surface area is 78.3 Å². The van der Waals surface area contributed by atoms with Gasteiger partial charge in [-0.05, 0) is 6.92 Å². The SMILES string of the molecule is COC1=NC2C=C(C)C1/C=C\C=C/2. The normalized spacial score (nSPS) is 35.5. The average molecular weight is 175 g/mol. The number of ether oxygens (including phenoxy) is 1. The number of aliphatic imine (C=N–C) groups is 1. The zero-order valence-corrected chi connectivity index (χ0v) is 7.90. The van der Waals surface area contributed by atoms with E-state index in [0.29, 0.717) is 0 Å². The standard InChI is InChI=1S/C11H13NO/c1-8-7-9-5-3-4-6-10(8)11(12-9)13-2/h3-7,9-10H,1-2H3/b5-3-,6-4-. The monoisotopic (exact) mass is 175 g/mol. The highest BCUT2D eigenvalue weighted by molar-refractivity contribution is 5.85. The van der Waals surface area contributed by atoms with Crippen molar-refractivity contribution in [1.29, 1.82) is 0 Å². The molecule has 3 rings (SSSR count). The van der Waals surface area contributed by atoms with E-state index in [1.807, 2.05) is 6.08 Å². The second-order valence-electron chi connectivity index (χ2n) is 3.32. The number of hydrogen-bond donors (Lipinski definition) is 0. The van der Waals surface area contributed by atoms with Crippen molar-refractivity contribution in [3.8, 4) is 0 Å². The number of hydrogen-bond acceptors (Lipinski definition) is 2. The maximum atomic E-state index is 5.26. The van der Waals surface area contributed by atoms with Crippen LogP contribution in [0.25, 0.3) is 0 Å². The lowest BCUT2D eigenvalue weighted by atomic mass is 9.93. The molecule has 0 fully saturated rings. The van der Waals surface area contributed by atoms with E-state index in [2.05, 4.69) is 36.2 Å². The summed E-state index contributed by atoms with van der Waals surface area (Å²) in [6.45, 7) is 2.12. The molecule has 0 aromatic rings. The van der Waals surface area contributed by atoms with Gasteiger partial charge in [0, 0.05) is 0 Å². The van der Waals surface area contributed by atoms with E-state index in [1.54, 1.807) is 7.11 Å². The van der Waals surface area contributed by atoms with Crippen LogP contribution in [0, 0.1) is 5.92 Å². The molecule has 0 N–H and O–H groups in total. The van der Waals surface area contributed by atoms with Crippen LogP contribution in [0.4, 0.5) is 0 Å². The van der Waals surface area contributed by atoms with Gasteiger partial charge in [-0.3, -0.25) is 0 Å². The third-order valence-corrected chi connectivity index (χ3v) is 2.40. The fourth-order valence-electron chi connectivity index (χ4n) is 1.70. The zero-order chi connectivity index (χ0) is 9.26. The van der Waals surface area contributed by atoms with Crippen LogP contribution < -0.4 is 0 Å². The van der Waals surface area contributed by atoms with Crippen molar-refractivity contribution < 1.29 is 4.74 Å². The van der Waals surface area contributed by atoms with Gasteiger partial charge < -0.3 is 4.74 Å². The number of methoxy groups -OCH3 is 1. The summed E-state index contributed by atoms with van der Waals surface area (Å²) in [6.07, 6.45) is 10.4. The van der Waals surface area contributed by atoms with Crippen LogP contribution in [-0.2, 0) is 4.74 Å². The number of allylic oxidation sites excluding steroid dienone is 2. The van der Waals surface area contributed by atoms with Crippen LogP contribution in [0.2, 0.25) is 0 Å². The average Bonchev–Trinajstić information content (AvgIpc) is 2.07. The number of nitrogens with zero attached hydrogens (tertiary/aromatic N) is 1. The number of fused-ring (bicyclic) bond motifs is 1. The Morgan fingerprint density at radius 1 is 1.31 bits per heavy atom. The van der Waals surface area contributed by atoms with Crippen molar-refractivity contribution in [2.45, 2.75) is 13.0 Å². The van der Waals surface area contributed by atoms with Gasteiger partial charge in [0.05, 0.1) is 19.1 Å². The Morgan fingerprint density at radius 2 is 2.08 bits per heavy atom. The van der Waals surface area contributed by atoms with Gasteiger partial charge >= 0.3 is 0 Å². The second kappa shape index (κ2) is 3.21. The predicted octanol–water partition coefficient (Wildman–Crippen LogP) is 2.10. The topological polar surface area (TPSA) is 21.6 Å². The van der Waals surface area contributed by atoms with Crippen molar-refractivity contribution in [3.05, 3.63) is 36.0 Å². The molecule has 2 aliphatic heterocycles. The Kier molecular flexibility index (Phi) is 2.05. The van der Waals surface area contributed by atoms with Gasteiger partial charge in [-0.15, -0.1) is 0 Å². The minimum atomic E-state index is 0.163. The molecule has 2 heterocycles. The van der Waals surface area contributed by atoms with Crippen molar-refractivity contribution in [3.63, 3.8) is 0 Å². The Hall–Kier alpha value is -1.31. The van der Waals surface area contributed by atoms with Gasteiger partial charge in [-0.1, -0.05) is 36.0 Å². The molecule has 3 aliphatic rings. The smallest absolute Gasteiger partial charge is 0.195 e. The summed E-state index contributed by atoms with van der Waals surface area (Å²) in [5.74, 6) is 1.07. The summed E-state index contributed by atoms with van der Waals surface area (Å²) in [4.78, 5) is 4.45. The van der Waals surface area contributed by atoms with E-state index in [4.69, 9.17) is 4.74 Å². The summed E-state index contributed by atoms with van der Waals surface area (Å²) >= 11 is 0. The molecule has 0 saturated heterocycles. The quantitative estimate of drug-likeness (QED) is 0.517. The van der Waals surface area contributed by atoms with Crippen LogP contribution in [0.3, 0.4) is 0 Å². The fourth-order valence-corrected chi connectivity index (χ4v) is 1.70. The Morgan fingerprint density at radius 3 is 2.85 bits per heavy atom. The molecule has 2 unspecified atom stereocenters. The van der Waals surface area contributed by atoms with Gasteiger partial charge in [0.2, 0.25) is 0 Å². The van der Waals surface area contributed by atoms with E-state index >= 15 is 0 Å². The van der Waals surface area contributed by atoms with Gasteiger partial charge in [0.25, 0.3) is 0 Å². The molecule has 0 spiro atoms. The molecule has 2 bridgehead atoms. The van der Waals surface area contributed by atoms with Crippen LogP contribution >= 0.6 is 0 Å². The molecule has 0 radical (unpaired) electrons. The van der Waals surface area contributed by atoms with E-state index in [9.17, 15) is 0 Å². The van der Waals surface area contributed by atoms with Crippen molar-refractivity contribution in [2.24, 2.45) is 10.9 Å². The summed E-state index contributed by atoms with van der Waals surface area (Å²) in [7, 11) is 1.68. The van der Waals surface area contributed by atoms with Crippen molar-refractivity contribution >= 4 is 5.90 Å². The summed E-state index contributed by atoms with van der Waals surface area (Å²) in [6, 6.07) is 0.163. The number of rotatable bonds is 0. The van der Waals surface area contributed by atoms with Crippen LogP contribution in [-0.4, -0.2) is 19.0 Å². The van der Waals surface area contributed by atoms with E-state index in [0.717, 1.165) is 5.90 Å². The molecule has 0 saturated carbocycles. The first kappa shape index (κ1) is 8.30. The van der Waals surface area contributed by atoms with E-state index in [-0.39, 0.29) is 12.0 Å². The largest absolute Gasteiger partial charge is 0.484 e. The van der Waals surface area contributed by atoms with E-state index < -0.39 is 0 Å². The Bertz CT molecular complexity index is 323. The third kappa shape index (κ3) is 1.44. The molecule has 68 valence electrons. The minimum Gasteiger partial charge on any atom is -0.484 e. The molecule has 1 aliphatic carbocycles. The molecule has 13 heavy (non-hydrogen) atoms. The molecule has 0 aromatic heterocycles. The first-order chi connectivity index (χ1) is 6.31. The molecular formula is C11H13NO. The van der Waals surface area contributed by atoms with Crippen LogP contribution in [0.1, 0.15) is 6.92 Å². The first-order valence-corrected chi connectivity index (χ1v) is 4.46. The van der Waals surface area contributed by atoms with Crippen LogP contribution in [0.15, 0.2) is 40.9 Å². The summed E-state index contributed by atoms with van der Waals surface area (Å²) in [5, 5.41) is 0. The molecule has 0 amide bonds. The predicted molar refractivity (Wildman–Crippen MR) is 53.8 cm³/mol. The van der Waals surface area contributed by atoms with Crippen molar-refractivity contribution in [1.82, 2.24) is 0 Å². The maximum absolute atomic E-state index is 5.26. The fraction of sp³-hybridized carbons (Fsp3) is 0.364. The van der Waals surface area contributed by atoms with Crippen LogP contribution in [0.5, 0.6) is 0 Å². The molecule has 2 nitrogen and oxygen atoms in total. The van der Waals surface area contributed by atoms with Crippen molar-refractivity contribution in [2.75, 3.05) is 7.11 Å². The van der Waals surface area contributed by atoms with Gasteiger partial charge in [0.1, 0.15) is 0 Å².